The average Bonchev–Trinajstić information content (AvgIpc) is 3.66. The Kier molecular flexibility index (Phi) is 4.17. The first-order valence-corrected chi connectivity index (χ1v) is 14.2. The number of ketones is 1. The van der Waals surface area contributed by atoms with Crippen LogP contribution in [-0.2, 0) is 19.0 Å². The van der Waals surface area contributed by atoms with E-state index in [1.807, 2.05) is 27.7 Å². The average molecular weight is 491 g/mol. The molecule has 8 aliphatic rings. The highest BCUT2D eigenvalue weighted by molar-refractivity contribution is 6.06. The van der Waals surface area contributed by atoms with E-state index in [2.05, 4.69) is 30.4 Å². The molecule has 0 aromatic carbocycles. The van der Waals surface area contributed by atoms with Gasteiger partial charge in [-0.2, -0.15) is 0 Å². The molecule has 0 heterocycles. The molecule has 4 fully saturated rings. The van der Waals surface area contributed by atoms with Crippen molar-refractivity contribution in [2.45, 2.75) is 64.4 Å². The van der Waals surface area contributed by atoms with Crippen LogP contribution in [0.2, 0.25) is 0 Å². The van der Waals surface area contributed by atoms with Crippen LogP contribution in [0, 0.1) is 64.6 Å². The van der Waals surface area contributed by atoms with Gasteiger partial charge in [-0.05, 0) is 105 Å². The lowest BCUT2D eigenvalue weighted by Crippen LogP contribution is -2.57. The topological polar surface area (TPSA) is 65.0 Å². The Morgan fingerprint density at radius 2 is 1.50 bits per heavy atom. The van der Waals surface area contributed by atoms with Crippen LogP contribution in [0.25, 0.3) is 0 Å². The minimum atomic E-state index is -1.51. The number of allylic oxidation sites excluding steroid dienone is 6. The van der Waals surface area contributed by atoms with E-state index >= 15 is 0 Å². The summed E-state index contributed by atoms with van der Waals surface area (Å²) in [5, 5.41) is 13.2. The standard InChI is InChI=1S/C31H38O5/c1-13(2)35-26-27(32)30-25(22-17-8-9-18(11-17)23(22)28(30)34-5)24-20(31(30,33)29(26)36-14(3)4)12-19-15-6-7-16(10-15)21(19)24/h6-9,12-19,21-25,28,33H,10-11H2,1-5H3/t15-,16+,17+,18-,19-,21+,22+,23-,24+,25+,28-,30?,31+/m1/s1. The van der Waals surface area contributed by atoms with Crippen molar-refractivity contribution in [2.75, 3.05) is 7.11 Å². The Morgan fingerprint density at radius 3 is 2.17 bits per heavy atom. The van der Waals surface area contributed by atoms with Gasteiger partial charge in [0.2, 0.25) is 11.5 Å². The molecule has 0 radical (unpaired) electrons. The van der Waals surface area contributed by atoms with Crippen molar-refractivity contribution < 1.29 is 24.1 Å². The van der Waals surface area contributed by atoms with Crippen LogP contribution >= 0.6 is 0 Å². The predicted molar refractivity (Wildman–Crippen MR) is 133 cm³/mol. The second kappa shape index (κ2) is 6.77. The van der Waals surface area contributed by atoms with Gasteiger partial charge in [0.15, 0.2) is 11.4 Å². The number of methoxy groups -OCH3 is 1. The molecule has 0 aromatic heterocycles. The van der Waals surface area contributed by atoms with E-state index in [0.29, 0.717) is 47.2 Å². The molecule has 192 valence electrons. The fourth-order valence-corrected chi connectivity index (χ4v) is 11.1. The van der Waals surface area contributed by atoms with E-state index < -0.39 is 11.0 Å². The Balaban J connectivity index is 1.40. The Morgan fingerprint density at radius 1 is 0.889 bits per heavy atom. The molecule has 8 rings (SSSR count). The summed E-state index contributed by atoms with van der Waals surface area (Å²) < 4.78 is 19.1. The molecule has 0 aromatic rings. The van der Waals surface area contributed by atoms with Crippen LogP contribution in [0.4, 0.5) is 0 Å². The molecule has 13 atom stereocenters. The zero-order valence-electron chi connectivity index (χ0n) is 21.9. The minimum absolute atomic E-state index is 0.0397. The maximum absolute atomic E-state index is 14.9. The maximum atomic E-state index is 14.9. The monoisotopic (exact) mass is 490 g/mol. The molecule has 0 saturated heterocycles. The van der Waals surface area contributed by atoms with Crippen molar-refractivity contribution in [3.05, 3.63) is 47.5 Å². The summed E-state index contributed by atoms with van der Waals surface area (Å²) in [5.41, 5.74) is -1.55. The number of hydrogen-bond acceptors (Lipinski definition) is 5. The van der Waals surface area contributed by atoms with E-state index in [9.17, 15) is 9.90 Å². The number of hydrogen-bond donors (Lipinski definition) is 1. The summed E-state index contributed by atoms with van der Waals surface area (Å²) in [4.78, 5) is 14.9. The van der Waals surface area contributed by atoms with Crippen LogP contribution in [0.1, 0.15) is 40.5 Å². The van der Waals surface area contributed by atoms with Gasteiger partial charge in [0, 0.05) is 7.11 Å². The van der Waals surface area contributed by atoms with Crippen molar-refractivity contribution in [3.8, 4) is 0 Å². The normalized spacial score (nSPS) is 54.1. The number of Topliss-reactive ketones (excluding diaryl/α,β-unsaturated/α-hetero) is 1. The number of carbonyl (C=O) groups excluding carboxylic acids is 1. The van der Waals surface area contributed by atoms with Crippen molar-refractivity contribution in [3.63, 3.8) is 0 Å². The second-order valence-corrected chi connectivity index (χ2v) is 13.4. The van der Waals surface area contributed by atoms with Gasteiger partial charge in [-0.15, -0.1) is 0 Å². The van der Waals surface area contributed by atoms with Gasteiger partial charge in [-0.1, -0.05) is 30.4 Å². The first-order chi connectivity index (χ1) is 17.2. The highest BCUT2D eigenvalue weighted by Gasteiger charge is 2.88. The number of carbonyl (C=O) groups is 1. The summed E-state index contributed by atoms with van der Waals surface area (Å²) in [6.45, 7) is 7.80. The Hall–Kier alpha value is -1.85. The first-order valence-electron chi connectivity index (χ1n) is 14.2. The number of fused-ring (bicyclic) bond motifs is 15. The highest BCUT2D eigenvalue weighted by atomic mass is 16.5. The van der Waals surface area contributed by atoms with E-state index in [1.54, 1.807) is 7.11 Å². The van der Waals surface area contributed by atoms with Crippen LogP contribution in [0.5, 0.6) is 0 Å². The first kappa shape index (κ1) is 22.2. The van der Waals surface area contributed by atoms with Gasteiger partial charge in [-0.3, -0.25) is 4.79 Å². The molecule has 0 amide bonds. The van der Waals surface area contributed by atoms with Crippen molar-refractivity contribution >= 4 is 5.78 Å². The minimum Gasteiger partial charge on any atom is -0.488 e. The smallest absolute Gasteiger partial charge is 0.213 e. The molecule has 8 aliphatic carbocycles. The van der Waals surface area contributed by atoms with E-state index in [0.717, 1.165) is 12.0 Å². The fourth-order valence-electron chi connectivity index (χ4n) is 11.1. The molecule has 4 saturated carbocycles. The Labute approximate surface area is 213 Å². The zero-order valence-corrected chi connectivity index (χ0v) is 21.9. The Bertz CT molecular complexity index is 1180. The second-order valence-electron chi connectivity index (χ2n) is 13.4. The number of ether oxygens (including phenoxy) is 3. The quantitative estimate of drug-likeness (QED) is 0.578. The van der Waals surface area contributed by atoms with Crippen LogP contribution in [0.3, 0.4) is 0 Å². The van der Waals surface area contributed by atoms with E-state index in [1.165, 1.54) is 6.42 Å². The zero-order chi connectivity index (χ0) is 24.9. The van der Waals surface area contributed by atoms with Crippen LogP contribution in [0.15, 0.2) is 47.5 Å². The highest BCUT2D eigenvalue weighted by Crippen LogP contribution is 2.81. The third kappa shape index (κ3) is 2.13. The van der Waals surface area contributed by atoms with Gasteiger partial charge in [0.05, 0.1) is 18.3 Å². The fraction of sp³-hybridized carbons (Fsp3) is 0.710. The van der Waals surface area contributed by atoms with E-state index in [4.69, 9.17) is 14.2 Å². The molecule has 5 nitrogen and oxygen atoms in total. The van der Waals surface area contributed by atoms with Gasteiger partial charge < -0.3 is 19.3 Å². The largest absolute Gasteiger partial charge is 0.488 e. The summed E-state index contributed by atoms with van der Waals surface area (Å²) >= 11 is 0. The molecular formula is C31H38O5. The molecule has 5 heteroatoms. The molecule has 1 spiro atoms. The van der Waals surface area contributed by atoms with E-state index in [-0.39, 0.29) is 47.6 Å². The SMILES string of the molecule is CO[C@@H]1[C@H]2[C@@H]([C@H]3[C@H]4C(=C[C@H]5[C@@H]4[C@H]4C=C[C@@H]5C4)[C@]4(O)C(OC(C)C)=C(OC(C)C)C(=O)C314)[C@H]1C=C[C@@H]2C1. The third-order valence-electron chi connectivity index (χ3n) is 11.5. The van der Waals surface area contributed by atoms with Crippen LogP contribution in [-0.4, -0.2) is 41.9 Å². The molecule has 4 bridgehead atoms. The lowest BCUT2D eigenvalue weighted by Gasteiger charge is -2.42. The van der Waals surface area contributed by atoms with Gasteiger partial charge in [0.25, 0.3) is 0 Å². The van der Waals surface area contributed by atoms with Crippen molar-refractivity contribution in [1.29, 1.82) is 0 Å². The molecule has 0 aliphatic heterocycles. The number of rotatable bonds is 5. The molecular weight excluding hydrogens is 452 g/mol. The van der Waals surface area contributed by atoms with Crippen molar-refractivity contribution in [1.82, 2.24) is 0 Å². The predicted octanol–water partition coefficient (Wildman–Crippen LogP) is 4.44. The molecule has 1 unspecified atom stereocenters. The number of aliphatic hydroxyl groups is 1. The lowest BCUT2D eigenvalue weighted by atomic mass is 9.63. The van der Waals surface area contributed by atoms with Gasteiger partial charge >= 0.3 is 0 Å². The van der Waals surface area contributed by atoms with Gasteiger partial charge in [-0.25, -0.2) is 0 Å². The molecule has 36 heavy (non-hydrogen) atoms. The third-order valence-corrected chi connectivity index (χ3v) is 11.5. The summed E-state index contributed by atoms with van der Waals surface area (Å²) in [5.74, 6) is 4.21. The van der Waals surface area contributed by atoms with Crippen molar-refractivity contribution in [2.24, 2.45) is 64.6 Å². The van der Waals surface area contributed by atoms with Gasteiger partial charge in [0.1, 0.15) is 5.41 Å². The molecule has 1 N–H and O–H groups in total. The summed E-state index contributed by atoms with van der Waals surface area (Å²) in [7, 11) is 1.75. The summed E-state index contributed by atoms with van der Waals surface area (Å²) in [6, 6.07) is 0. The maximum Gasteiger partial charge on any atom is 0.213 e. The van der Waals surface area contributed by atoms with Crippen LogP contribution < -0.4 is 0 Å². The lowest BCUT2D eigenvalue weighted by molar-refractivity contribution is -0.157. The summed E-state index contributed by atoms with van der Waals surface area (Å²) in [6.07, 6.45) is 13.6.